The van der Waals surface area contributed by atoms with Gasteiger partial charge in [0.05, 0.1) is 23.2 Å². The molecule has 0 aliphatic carbocycles. The van der Waals surface area contributed by atoms with Crippen molar-refractivity contribution in [1.82, 2.24) is 4.31 Å². The van der Waals surface area contributed by atoms with Gasteiger partial charge in [0.1, 0.15) is 12.4 Å². The van der Waals surface area contributed by atoms with Gasteiger partial charge in [-0.3, -0.25) is 4.79 Å². The lowest BCUT2D eigenvalue weighted by Crippen LogP contribution is -2.36. The third-order valence-corrected chi connectivity index (χ3v) is 7.44. The van der Waals surface area contributed by atoms with Crippen molar-refractivity contribution in [2.24, 2.45) is 0 Å². The zero-order chi connectivity index (χ0) is 19.9. The normalized spacial score (nSPS) is 19.9. The van der Waals surface area contributed by atoms with E-state index in [1.165, 1.54) is 6.92 Å². The Balaban J connectivity index is 1.70. The minimum Gasteiger partial charge on any atom is -0.489 e. The number of sulfonamides is 1. The Bertz CT molecular complexity index is 1020. The van der Waals surface area contributed by atoms with Crippen LogP contribution in [0.4, 0.5) is 5.69 Å². The smallest absolute Gasteiger partial charge is 0.243 e. The Hall–Kier alpha value is -2.38. The van der Waals surface area contributed by atoms with Gasteiger partial charge in [0.15, 0.2) is 0 Å². The summed E-state index contributed by atoms with van der Waals surface area (Å²) in [7, 11) is -3.67. The van der Waals surface area contributed by atoms with Crippen LogP contribution in [-0.4, -0.2) is 38.3 Å². The number of benzene rings is 2. The summed E-state index contributed by atoms with van der Waals surface area (Å²) in [5.41, 5.74) is 2.77. The van der Waals surface area contributed by atoms with Crippen LogP contribution in [-0.2, 0) is 14.8 Å². The maximum absolute atomic E-state index is 13.4. The van der Waals surface area contributed by atoms with Crippen LogP contribution in [0.2, 0.25) is 0 Å². The first-order valence-electron chi connectivity index (χ1n) is 9.52. The molecule has 2 heterocycles. The minimum atomic E-state index is -3.67. The third kappa shape index (κ3) is 3.18. The lowest BCUT2D eigenvalue weighted by molar-refractivity contribution is -0.116. The van der Waals surface area contributed by atoms with Gasteiger partial charge in [0, 0.05) is 19.5 Å². The summed E-state index contributed by atoms with van der Waals surface area (Å²) in [6.45, 7) is 4.83. The summed E-state index contributed by atoms with van der Waals surface area (Å²) in [5.74, 6) is 0.355. The molecule has 1 saturated heterocycles. The lowest BCUT2D eigenvalue weighted by Gasteiger charge is -2.30. The molecule has 0 unspecified atom stereocenters. The first-order chi connectivity index (χ1) is 13.4. The number of rotatable bonds is 3. The molecule has 1 atom stereocenters. The molecule has 2 aliphatic rings. The van der Waals surface area contributed by atoms with E-state index >= 15 is 0 Å². The van der Waals surface area contributed by atoms with Gasteiger partial charge >= 0.3 is 0 Å². The number of ether oxygens (including phenoxy) is 1. The Kier molecular flexibility index (Phi) is 4.89. The number of aryl methyl sites for hydroxylation is 1. The second kappa shape index (κ2) is 7.22. The molecule has 2 aliphatic heterocycles. The van der Waals surface area contributed by atoms with E-state index < -0.39 is 10.0 Å². The van der Waals surface area contributed by atoms with Crippen LogP contribution in [0.1, 0.15) is 36.9 Å². The third-order valence-electron chi connectivity index (χ3n) is 5.53. The van der Waals surface area contributed by atoms with Gasteiger partial charge in [-0.1, -0.05) is 24.3 Å². The molecule has 1 fully saturated rings. The molecule has 7 heteroatoms. The van der Waals surface area contributed by atoms with Gasteiger partial charge in [0.25, 0.3) is 0 Å². The predicted octanol–water partition coefficient (Wildman–Crippen LogP) is 3.27. The molecule has 0 N–H and O–H groups in total. The number of anilines is 1. The molecule has 28 heavy (non-hydrogen) atoms. The summed E-state index contributed by atoms with van der Waals surface area (Å²) < 4.78 is 34.1. The van der Waals surface area contributed by atoms with Crippen molar-refractivity contribution in [3.8, 4) is 5.75 Å². The van der Waals surface area contributed by atoms with Gasteiger partial charge in [-0.25, -0.2) is 8.42 Å². The molecule has 0 bridgehead atoms. The first-order valence-corrected chi connectivity index (χ1v) is 11.0. The molecule has 1 amide bonds. The Morgan fingerprint density at radius 1 is 1.14 bits per heavy atom. The number of carbonyl (C=O) groups excluding carboxylic acids is 1. The van der Waals surface area contributed by atoms with Crippen molar-refractivity contribution >= 4 is 21.6 Å². The van der Waals surface area contributed by atoms with E-state index in [9.17, 15) is 13.2 Å². The minimum absolute atomic E-state index is 0.0840. The molecule has 0 radical (unpaired) electrons. The van der Waals surface area contributed by atoms with Crippen molar-refractivity contribution in [3.63, 3.8) is 0 Å². The highest BCUT2D eigenvalue weighted by Crippen LogP contribution is 2.40. The fourth-order valence-corrected chi connectivity index (χ4v) is 5.81. The zero-order valence-corrected chi connectivity index (χ0v) is 16.9. The second-order valence-corrected chi connectivity index (χ2v) is 9.17. The second-order valence-electron chi connectivity index (χ2n) is 7.28. The van der Waals surface area contributed by atoms with Crippen LogP contribution in [0, 0.1) is 6.92 Å². The maximum Gasteiger partial charge on any atom is 0.243 e. The molecular weight excluding hydrogens is 376 g/mol. The van der Waals surface area contributed by atoms with Crippen LogP contribution in [0.25, 0.3) is 0 Å². The summed E-state index contributed by atoms with van der Waals surface area (Å²) in [6.07, 6.45) is 1.64. The Morgan fingerprint density at radius 2 is 1.93 bits per heavy atom. The van der Waals surface area contributed by atoms with Crippen molar-refractivity contribution in [3.05, 3.63) is 53.6 Å². The van der Waals surface area contributed by atoms with Gasteiger partial charge < -0.3 is 9.64 Å². The molecule has 148 valence electrons. The van der Waals surface area contributed by atoms with E-state index in [0.29, 0.717) is 31.1 Å². The number of hydrogen-bond acceptors (Lipinski definition) is 4. The van der Waals surface area contributed by atoms with Gasteiger partial charge in [0.2, 0.25) is 15.9 Å². The quantitative estimate of drug-likeness (QED) is 0.793. The highest BCUT2D eigenvalue weighted by molar-refractivity contribution is 7.89. The fraction of sp³-hybridized carbons (Fsp3) is 0.381. The van der Waals surface area contributed by atoms with Gasteiger partial charge in [-0.05, 0) is 43.0 Å². The Morgan fingerprint density at radius 3 is 2.68 bits per heavy atom. The summed E-state index contributed by atoms with van der Waals surface area (Å²) >= 11 is 0. The summed E-state index contributed by atoms with van der Waals surface area (Å²) in [5, 5.41) is 0. The summed E-state index contributed by atoms with van der Waals surface area (Å²) in [6, 6.07) is 12.6. The number of nitrogens with zero attached hydrogens (tertiary/aromatic N) is 2. The van der Waals surface area contributed by atoms with E-state index in [1.54, 1.807) is 27.4 Å². The zero-order valence-electron chi connectivity index (χ0n) is 16.1. The SMILES string of the molecule is CC(=O)N1CCOc2cc(S(=O)(=O)N3CCC[C@H]3c3ccccc3C)ccc21. The van der Waals surface area contributed by atoms with E-state index in [1.807, 2.05) is 31.2 Å². The number of hydrogen-bond donors (Lipinski definition) is 0. The molecule has 2 aromatic rings. The Labute approximate surface area is 165 Å². The maximum atomic E-state index is 13.4. The fourth-order valence-electron chi connectivity index (χ4n) is 4.12. The predicted molar refractivity (Wildman–Crippen MR) is 107 cm³/mol. The van der Waals surface area contributed by atoms with Gasteiger partial charge in [-0.15, -0.1) is 0 Å². The van der Waals surface area contributed by atoms with Crippen molar-refractivity contribution in [2.75, 3.05) is 24.6 Å². The topological polar surface area (TPSA) is 66.9 Å². The van der Waals surface area contributed by atoms with Crippen LogP contribution in [0.15, 0.2) is 47.4 Å². The van der Waals surface area contributed by atoms with E-state index in [0.717, 1.165) is 24.0 Å². The number of fused-ring (bicyclic) bond motifs is 1. The molecule has 2 aromatic carbocycles. The van der Waals surface area contributed by atoms with Crippen molar-refractivity contribution < 1.29 is 17.9 Å². The average Bonchev–Trinajstić information content (AvgIpc) is 3.17. The molecule has 0 spiro atoms. The molecule has 4 rings (SSSR count). The van der Waals surface area contributed by atoms with Crippen LogP contribution >= 0.6 is 0 Å². The van der Waals surface area contributed by atoms with E-state index in [2.05, 4.69) is 0 Å². The van der Waals surface area contributed by atoms with Crippen LogP contribution < -0.4 is 9.64 Å². The van der Waals surface area contributed by atoms with E-state index in [4.69, 9.17) is 4.74 Å². The molecule has 0 saturated carbocycles. The van der Waals surface area contributed by atoms with Crippen molar-refractivity contribution in [2.45, 2.75) is 37.6 Å². The first kappa shape index (κ1) is 19.0. The standard InChI is InChI=1S/C21H24N2O4S/c1-15-6-3-4-7-18(15)19-8-5-11-23(19)28(25,26)17-9-10-20-21(14-17)27-13-12-22(20)16(2)24/h3-4,6-7,9-10,14,19H,5,8,11-13H2,1-2H3/t19-/m0/s1. The largest absolute Gasteiger partial charge is 0.489 e. The monoisotopic (exact) mass is 400 g/mol. The molecule has 6 nitrogen and oxygen atoms in total. The lowest BCUT2D eigenvalue weighted by atomic mass is 10.0. The number of amides is 1. The average molecular weight is 401 g/mol. The van der Waals surface area contributed by atoms with Crippen LogP contribution in [0.5, 0.6) is 5.75 Å². The van der Waals surface area contributed by atoms with E-state index in [-0.39, 0.29) is 16.8 Å². The van der Waals surface area contributed by atoms with Crippen molar-refractivity contribution in [1.29, 1.82) is 0 Å². The molecular formula is C21H24N2O4S. The van der Waals surface area contributed by atoms with Gasteiger partial charge in [-0.2, -0.15) is 4.31 Å². The summed E-state index contributed by atoms with van der Waals surface area (Å²) in [4.78, 5) is 13.6. The highest BCUT2D eigenvalue weighted by atomic mass is 32.2. The molecule has 0 aromatic heterocycles. The highest BCUT2D eigenvalue weighted by Gasteiger charge is 2.37. The van der Waals surface area contributed by atoms with Crippen LogP contribution in [0.3, 0.4) is 0 Å². The number of carbonyl (C=O) groups is 1.